The standard InChI is InChI=1S/C18H36N2O4S/c1-2-3-12-15-19-18(21)20-16-13-10-8-6-4-5-7-9-11-14-17-25(22,23)24/h4,6H,2-3,5,7-17H2,1H3,(H2,19,20,21)(H,22,23,24)/b6-4+. The third-order valence-electron chi connectivity index (χ3n) is 3.84. The molecule has 0 aromatic rings. The quantitative estimate of drug-likeness (QED) is 0.215. The molecule has 0 radical (unpaired) electrons. The van der Waals surface area contributed by atoms with Gasteiger partial charge in [0.1, 0.15) is 0 Å². The van der Waals surface area contributed by atoms with Crippen LogP contribution in [0.3, 0.4) is 0 Å². The molecular formula is C18H36N2O4S. The van der Waals surface area contributed by atoms with Crippen molar-refractivity contribution in [2.45, 2.75) is 77.6 Å². The maximum Gasteiger partial charge on any atom is 0.314 e. The molecule has 25 heavy (non-hydrogen) atoms. The minimum atomic E-state index is -3.79. The van der Waals surface area contributed by atoms with E-state index in [0.717, 1.165) is 70.8 Å². The zero-order valence-electron chi connectivity index (χ0n) is 15.6. The zero-order chi connectivity index (χ0) is 18.8. The van der Waals surface area contributed by atoms with Crippen molar-refractivity contribution in [1.29, 1.82) is 0 Å². The van der Waals surface area contributed by atoms with E-state index in [1.165, 1.54) is 0 Å². The van der Waals surface area contributed by atoms with Crippen molar-refractivity contribution in [3.8, 4) is 0 Å². The normalized spacial score (nSPS) is 11.8. The Kier molecular flexibility index (Phi) is 15.7. The van der Waals surface area contributed by atoms with Gasteiger partial charge >= 0.3 is 6.03 Å². The number of nitrogens with one attached hydrogen (secondary N) is 2. The molecule has 0 aromatic heterocycles. The van der Waals surface area contributed by atoms with Crippen LogP contribution in [0.4, 0.5) is 4.79 Å². The molecular weight excluding hydrogens is 340 g/mol. The summed E-state index contributed by atoms with van der Waals surface area (Å²) in [6, 6.07) is -0.0688. The Hall–Kier alpha value is -1.08. The molecule has 0 saturated heterocycles. The lowest BCUT2D eigenvalue weighted by Gasteiger charge is -2.06. The highest BCUT2D eigenvalue weighted by molar-refractivity contribution is 7.85. The molecule has 0 bridgehead atoms. The van der Waals surface area contributed by atoms with Gasteiger partial charge in [0.25, 0.3) is 10.1 Å². The van der Waals surface area contributed by atoms with Gasteiger partial charge in [-0.05, 0) is 44.9 Å². The second-order valence-corrected chi connectivity index (χ2v) is 7.92. The van der Waals surface area contributed by atoms with Gasteiger partial charge in [0.05, 0.1) is 5.75 Å². The summed E-state index contributed by atoms with van der Waals surface area (Å²) in [5, 5.41) is 5.72. The van der Waals surface area contributed by atoms with Crippen LogP contribution in [-0.4, -0.2) is 37.8 Å². The van der Waals surface area contributed by atoms with Crippen LogP contribution >= 0.6 is 0 Å². The monoisotopic (exact) mass is 376 g/mol. The lowest BCUT2D eigenvalue weighted by atomic mass is 10.1. The van der Waals surface area contributed by atoms with Crippen molar-refractivity contribution in [3.63, 3.8) is 0 Å². The molecule has 2 amide bonds. The van der Waals surface area contributed by atoms with Gasteiger partial charge in [0, 0.05) is 13.1 Å². The third-order valence-corrected chi connectivity index (χ3v) is 4.64. The predicted molar refractivity (Wildman–Crippen MR) is 103 cm³/mol. The van der Waals surface area contributed by atoms with Crippen LogP contribution in [0.5, 0.6) is 0 Å². The molecule has 7 heteroatoms. The van der Waals surface area contributed by atoms with Crippen molar-refractivity contribution in [2.24, 2.45) is 0 Å². The first-order valence-corrected chi connectivity index (χ1v) is 11.2. The molecule has 3 N–H and O–H groups in total. The maximum atomic E-state index is 11.5. The molecule has 0 aliphatic heterocycles. The SMILES string of the molecule is CCCCCNC(=O)NCCCC/C=C/CCCCCCS(=O)(=O)O. The first kappa shape index (κ1) is 23.9. The van der Waals surface area contributed by atoms with Gasteiger partial charge in [0.2, 0.25) is 0 Å². The fourth-order valence-corrected chi connectivity index (χ4v) is 2.93. The second-order valence-electron chi connectivity index (χ2n) is 6.35. The summed E-state index contributed by atoms with van der Waals surface area (Å²) in [5.74, 6) is -0.131. The summed E-state index contributed by atoms with van der Waals surface area (Å²) in [6.45, 7) is 3.60. The van der Waals surface area contributed by atoms with Gasteiger partial charge in [-0.3, -0.25) is 4.55 Å². The van der Waals surface area contributed by atoms with Crippen LogP contribution in [0.2, 0.25) is 0 Å². The number of hydrogen-bond donors (Lipinski definition) is 3. The third kappa shape index (κ3) is 20.9. The molecule has 0 rings (SSSR count). The number of carbonyl (C=O) groups excluding carboxylic acids is 1. The Bertz CT molecular complexity index is 450. The smallest absolute Gasteiger partial charge is 0.314 e. The summed E-state index contributed by atoms with van der Waals surface area (Å²) < 4.78 is 29.7. The Morgan fingerprint density at radius 1 is 0.840 bits per heavy atom. The van der Waals surface area contributed by atoms with Gasteiger partial charge in [-0.1, -0.05) is 44.8 Å². The Labute approximate surface area is 153 Å². The first-order valence-electron chi connectivity index (χ1n) is 9.57. The van der Waals surface area contributed by atoms with Crippen molar-refractivity contribution in [3.05, 3.63) is 12.2 Å². The van der Waals surface area contributed by atoms with Gasteiger partial charge in [-0.15, -0.1) is 0 Å². The molecule has 0 atom stereocenters. The fourth-order valence-electron chi connectivity index (χ4n) is 2.36. The molecule has 0 aromatic carbocycles. The van der Waals surface area contributed by atoms with Crippen molar-refractivity contribution < 1.29 is 17.8 Å². The summed E-state index contributed by atoms with van der Waals surface area (Å²) in [6.07, 6.45) is 15.1. The van der Waals surface area contributed by atoms with Crippen LogP contribution in [0.15, 0.2) is 12.2 Å². The van der Waals surface area contributed by atoms with Gasteiger partial charge in [-0.2, -0.15) is 8.42 Å². The van der Waals surface area contributed by atoms with Crippen LogP contribution in [0.25, 0.3) is 0 Å². The lowest BCUT2D eigenvalue weighted by Crippen LogP contribution is -2.36. The number of unbranched alkanes of at least 4 members (excludes halogenated alkanes) is 8. The van der Waals surface area contributed by atoms with E-state index in [1.807, 2.05) is 0 Å². The largest absolute Gasteiger partial charge is 0.338 e. The van der Waals surface area contributed by atoms with Crippen molar-refractivity contribution >= 4 is 16.1 Å². The molecule has 0 spiro atoms. The fraction of sp³-hybridized carbons (Fsp3) is 0.833. The number of amides is 2. The van der Waals surface area contributed by atoms with E-state index in [0.29, 0.717) is 13.0 Å². The molecule has 0 aliphatic carbocycles. The summed E-state index contributed by atoms with van der Waals surface area (Å²) >= 11 is 0. The summed E-state index contributed by atoms with van der Waals surface area (Å²) in [7, 11) is -3.79. The number of hydrogen-bond acceptors (Lipinski definition) is 3. The van der Waals surface area contributed by atoms with E-state index >= 15 is 0 Å². The minimum Gasteiger partial charge on any atom is -0.338 e. The second kappa shape index (κ2) is 16.4. The van der Waals surface area contributed by atoms with E-state index < -0.39 is 10.1 Å². The Morgan fingerprint density at radius 3 is 1.92 bits per heavy atom. The van der Waals surface area contributed by atoms with Crippen molar-refractivity contribution in [1.82, 2.24) is 10.6 Å². The predicted octanol–water partition coefficient (Wildman–Crippen LogP) is 4.04. The molecule has 148 valence electrons. The number of rotatable bonds is 16. The number of urea groups is 1. The van der Waals surface area contributed by atoms with Crippen LogP contribution in [-0.2, 0) is 10.1 Å². The highest BCUT2D eigenvalue weighted by Gasteiger charge is 2.02. The van der Waals surface area contributed by atoms with Crippen LogP contribution in [0.1, 0.15) is 77.6 Å². The average Bonchev–Trinajstić information content (AvgIpc) is 2.55. The van der Waals surface area contributed by atoms with E-state index in [9.17, 15) is 13.2 Å². The molecule has 0 fully saturated rings. The summed E-state index contributed by atoms with van der Waals surface area (Å²) in [5.41, 5.74) is 0. The highest BCUT2D eigenvalue weighted by atomic mass is 32.2. The van der Waals surface area contributed by atoms with Gasteiger partial charge in [-0.25, -0.2) is 4.79 Å². The Balaban J connectivity index is 3.29. The maximum absolute atomic E-state index is 11.5. The average molecular weight is 377 g/mol. The topological polar surface area (TPSA) is 95.5 Å². The van der Waals surface area contributed by atoms with E-state index in [4.69, 9.17) is 4.55 Å². The van der Waals surface area contributed by atoms with Crippen LogP contribution in [0, 0.1) is 0 Å². The van der Waals surface area contributed by atoms with Gasteiger partial charge < -0.3 is 10.6 Å². The van der Waals surface area contributed by atoms with Crippen molar-refractivity contribution in [2.75, 3.05) is 18.8 Å². The molecule has 0 aliphatic rings. The number of carbonyl (C=O) groups is 1. The summed E-state index contributed by atoms with van der Waals surface area (Å²) in [4.78, 5) is 11.5. The first-order chi connectivity index (χ1) is 12.0. The molecule has 0 unspecified atom stereocenters. The lowest BCUT2D eigenvalue weighted by molar-refractivity contribution is 0.240. The minimum absolute atomic E-state index is 0.0688. The van der Waals surface area contributed by atoms with E-state index in [-0.39, 0.29) is 11.8 Å². The zero-order valence-corrected chi connectivity index (χ0v) is 16.5. The van der Waals surface area contributed by atoms with Crippen LogP contribution < -0.4 is 10.6 Å². The molecule has 0 heterocycles. The van der Waals surface area contributed by atoms with Gasteiger partial charge in [0.15, 0.2) is 0 Å². The molecule has 0 saturated carbocycles. The molecule has 6 nitrogen and oxygen atoms in total. The van der Waals surface area contributed by atoms with E-state index in [2.05, 4.69) is 29.7 Å². The highest BCUT2D eigenvalue weighted by Crippen LogP contribution is 2.06. The van der Waals surface area contributed by atoms with E-state index in [1.54, 1.807) is 0 Å². The Morgan fingerprint density at radius 2 is 1.36 bits per heavy atom. The number of allylic oxidation sites excluding steroid dienone is 2.